The number of halogens is 1. The number of para-hydroxylation sites is 1. The van der Waals surface area contributed by atoms with Crippen LogP contribution in [0.5, 0.6) is 0 Å². The minimum atomic E-state index is -0.542. The van der Waals surface area contributed by atoms with Gasteiger partial charge < -0.3 is 10.7 Å². The molecule has 0 saturated heterocycles. The summed E-state index contributed by atoms with van der Waals surface area (Å²) in [6, 6.07) is 4.28. The molecule has 0 fully saturated rings. The first kappa shape index (κ1) is 14.4. The van der Waals surface area contributed by atoms with E-state index in [9.17, 15) is 9.18 Å². The number of hydrazine groups is 1. The smallest absolute Gasteiger partial charge is 0.253 e. The Hall–Kier alpha value is -1.62. The minimum absolute atomic E-state index is 0.0181. The number of anilines is 1. The van der Waals surface area contributed by atoms with E-state index in [0.717, 1.165) is 12.8 Å². The van der Waals surface area contributed by atoms with Crippen molar-refractivity contribution in [3.05, 3.63) is 29.6 Å². The van der Waals surface area contributed by atoms with E-state index in [1.54, 1.807) is 6.07 Å². The number of amides is 1. The summed E-state index contributed by atoms with van der Waals surface area (Å²) >= 11 is 0. The predicted octanol–water partition coefficient (Wildman–Crippen LogP) is 2.42. The van der Waals surface area contributed by atoms with Crippen LogP contribution in [0.25, 0.3) is 0 Å². The molecular formula is C13H20FN3O. The lowest BCUT2D eigenvalue weighted by atomic mass is 9.95. The Morgan fingerprint density at radius 2 is 2.00 bits per heavy atom. The van der Waals surface area contributed by atoms with Crippen LogP contribution in [0, 0.1) is 5.82 Å². The Bertz CT molecular complexity index is 430. The number of nitrogens with one attached hydrogen (secondary N) is 2. The summed E-state index contributed by atoms with van der Waals surface area (Å²) in [6.07, 6.45) is 1.60. The van der Waals surface area contributed by atoms with E-state index < -0.39 is 5.82 Å². The third kappa shape index (κ3) is 2.98. The topological polar surface area (TPSA) is 67.2 Å². The van der Waals surface area contributed by atoms with E-state index in [1.165, 1.54) is 12.1 Å². The van der Waals surface area contributed by atoms with Crippen LogP contribution in [0.2, 0.25) is 0 Å². The van der Waals surface area contributed by atoms with Crippen LogP contribution in [0.3, 0.4) is 0 Å². The molecule has 0 saturated carbocycles. The van der Waals surface area contributed by atoms with Crippen LogP contribution in [-0.2, 0) is 0 Å². The van der Waals surface area contributed by atoms with Gasteiger partial charge in [-0.05, 0) is 31.9 Å². The predicted molar refractivity (Wildman–Crippen MR) is 70.7 cm³/mol. The van der Waals surface area contributed by atoms with Gasteiger partial charge in [-0.3, -0.25) is 10.6 Å². The lowest BCUT2D eigenvalue weighted by Crippen LogP contribution is -2.45. The standard InChI is InChI=1S/C13H20FN3O/c1-4-13(3,5-2)16-12(18)9-7-6-8-10(14)11(9)17-15/h6-8,17H,4-5,15H2,1-3H3,(H,16,18). The van der Waals surface area contributed by atoms with E-state index in [2.05, 4.69) is 10.7 Å². The molecule has 1 aromatic carbocycles. The van der Waals surface area contributed by atoms with Crippen LogP contribution in [-0.4, -0.2) is 11.4 Å². The first-order valence-corrected chi connectivity index (χ1v) is 6.05. The zero-order chi connectivity index (χ0) is 13.8. The van der Waals surface area contributed by atoms with Gasteiger partial charge in [-0.2, -0.15) is 0 Å². The fourth-order valence-electron chi connectivity index (χ4n) is 1.63. The molecule has 4 nitrogen and oxygen atoms in total. The second kappa shape index (κ2) is 5.82. The van der Waals surface area contributed by atoms with Crippen LogP contribution in [0.1, 0.15) is 44.0 Å². The van der Waals surface area contributed by atoms with Crippen molar-refractivity contribution in [2.75, 3.05) is 5.43 Å². The number of nitrogens with two attached hydrogens (primary N) is 1. The number of carbonyl (C=O) groups is 1. The van der Waals surface area contributed by atoms with Crippen molar-refractivity contribution in [1.82, 2.24) is 5.32 Å². The molecule has 0 aliphatic rings. The number of hydrogen-bond donors (Lipinski definition) is 3. The van der Waals surface area contributed by atoms with E-state index in [-0.39, 0.29) is 22.7 Å². The van der Waals surface area contributed by atoms with Gasteiger partial charge in [0.1, 0.15) is 5.82 Å². The van der Waals surface area contributed by atoms with Crippen LogP contribution >= 0.6 is 0 Å². The molecule has 100 valence electrons. The molecule has 0 spiro atoms. The Labute approximate surface area is 107 Å². The summed E-state index contributed by atoms with van der Waals surface area (Å²) in [6.45, 7) is 5.95. The third-order valence-corrected chi connectivity index (χ3v) is 3.38. The highest BCUT2D eigenvalue weighted by Gasteiger charge is 2.24. The average molecular weight is 253 g/mol. The lowest BCUT2D eigenvalue weighted by Gasteiger charge is -2.28. The minimum Gasteiger partial charge on any atom is -0.347 e. The summed E-state index contributed by atoms with van der Waals surface area (Å²) in [5.41, 5.74) is 2.17. The van der Waals surface area contributed by atoms with Crippen LogP contribution in [0.4, 0.5) is 10.1 Å². The highest BCUT2D eigenvalue weighted by atomic mass is 19.1. The molecule has 0 radical (unpaired) electrons. The quantitative estimate of drug-likeness (QED) is 0.557. The molecule has 5 heteroatoms. The molecule has 18 heavy (non-hydrogen) atoms. The van der Waals surface area contributed by atoms with Crippen molar-refractivity contribution in [1.29, 1.82) is 0 Å². The molecular weight excluding hydrogens is 233 g/mol. The zero-order valence-electron chi connectivity index (χ0n) is 11.0. The number of hydrogen-bond acceptors (Lipinski definition) is 3. The van der Waals surface area contributed by atoms with Gasteiger partial charge in [0.05, 0.1) is 11.3 Å². The summed E-state index contributed by atoms with van der Waals surface area (Å²) in [5, 5.41) is 2.91. The van der Waals surface area contributed by atoms with Crippen LogP contribution < -0.4 is 16.6 Å². The maximum absolute atomic E-state index is 13.5. The zero-order valence-corrected chi connectivity index (χ0v) is 11.0. The molecule has 1 aromatic rings. The van der Waals surface area contributed by atoms with Gasteiger partial charge in [-0.1, -0.05) is 19.9 Å². The van der Waals surface area contributed by atoms with Gasteiger partial charge in [0.25, 0.3) is 5.91 Å². The molecule has 0 aliphatic heterocycles. The van der Waals surface area contributed by atoms with E-state index in [4.69, 9.17) is 5.84 Å². The number of carbonyl (C=O) groups excluding carboxylic acids is 1. The molecule has 0 atom stereocenters. The van der Waals surface area contributed by atoms with Gasteiger partial charge in [-0.15, -0.1) is 0 Å². The Morgan fingerprint density at radius 3 is 2.50 bits per heavy atom. The van der Waals surface area contributed by atoms with Crippen molar-refractivity contribution < 1.29 is 9.18 Å². The lowest BCUT2D eigenvalue weighted by molar-refractivity contribution is 0.0901. The SMILES string of the molecule is CCC(C)(CC)NC(=O)c1cccc(F)c1NN. The second-order valence-corrected chi connectivity index (χ2v) is 4.53. The van der Waals surface area contributed by atoms with E-state index in [0.29, 0.717) is 0 Å². The van der Waals surface area contributed by atoms with Crippen molar-refractivity contribution in [2.45, 2.75) is 39.2 Å². The number of nitrogen functional groups attached to an aromatic ring is 1. The maximum Gasteiger partial charge on any atom is 0.253 e. The van der Waals surface area contributed by atoms with E-state index >= 15 is 0 Å². The highest BCUT2D eigenvalue weighted by molar-refractivity contribution is 6.00. The highest BCUT2D eigenvalue weighted by Crippen LogP contribution is 2.21. The van der Waals surface area contributed by atoms with Crippen molar-refractivity contribution >= 4 is 11.6 Å². The Kier molecular flexibility index (Phi) is 4.67. The molecule has 0 unspecified atom stereocenters. The third-order valence-electron chi connectivity index (χ3n) is 3.38. The molecule has 0 aliphatic carbocycles. The normalized spacial score (nSPS) is 11.2. The van der Waals surface area contributed by atoms with Crippen molar-refractivity contribution in [3.63, 3.8) is 0 Å². The molecule has 0 aromatic heterocycles. The van der Waals surface area contributed by atoms with Crippen LogP contribution in [0.15, 0.2) is 18.2 Å². The van der Waals surface area contributed by atoms with E-state index in [1.807, 2.05) is 20.8 Å². The molecule has 1 rings (SSSR count). The fourth-order valence-corrected chi connectivity index (χ4v) is 1.63. The maximum atomic E-state index is 13.5. The Balaban J connectivity index is 3.01. The summed E-state index contributed by atoms with van der Waals surface area (Å²) in [5.74, 6) is 4.38. The van der Waals surface area contributed by atoms with Gasteiger partial charge in [-0.25, -0.2) is 4.39 Å². The number of rotatable bonds is 5. The first-order chi connectivity index (χ1) is 8.47. The summed E-state index contributed by atoms with van der Waals surface area (Å²) < 4.78 is 13.5. The van der Waals surface area contributed by atoms with Gasteiger partial charge in [0.15, 0.2) is 0 Å². The molecule has 1 amide bonds. The molecule has 0 heterocycles. The summed E-state index contributed by atoms with van der Waals surface area (Å²) in [7, 11) is 0. The molecule has 0 bridgehead atoms. The average Bonchev–Trinajstić information content (AvgIpc) is 2.38. The first-order valence-electron chi connectivity index (χ1n) is 6.05. The monoisotopic (exact) mass is 253 g/mol. The fraction of sp³-hybridized carbons (Fsp3) is 0.462. The summed E-state index contributed by atoms with van der Waals surface area (Å²) in [4.78, 5) is 12.1. The van der Waals surface area contributed by atoms with Gasteiger partial charge in [0, 0.05) is 5.54 Å². The van der Waals surface area contributed by atoms with Crippen molar-refractivity contribution in [2.24, 2.45) is 5.84 Å². The van der Waals surface area contributed by atoms with Gasteiger partial charge >= 0.3 is 0 Å². The Morgan fingerprint density at radius 1 is 1.39 bits per heavy atom. The largest absolute Gasteiger partial charge is 0.347 e. The van der Waals surface area contributed by atoms with Gasteiger partial charge in [0.2, 0.25) is 0 Å². The molecule has 4 N–H and O–H groups in total. The number of benzene rings is 1. The van der Waals surface area contributed by atoms with Crippen molar-refractivity contribution in [3.8, 4) is 0 Å². The second-order valence-electron chi connectivity index (χ2n) is 4.53.